The van der Waals surface area contributed by atoms with Crippen LogP contribution < -0.4 is 0 Å². The first-order valence-electron chi connectivity index (χ1n) is 11.3. The summed E-state index contributed by atoms with van der Waals surface area (Å²) in [6.45, 7) is 7.31. The first-order valence-corrected chi connectivity index (χ1v) is 11.3. The van der Waals surface area contributed by atoms with Crippen LogP contribution in [-0.4, -0.2) is 0 Å². The normalized spacial score (nSPS) is 30.1. The molecule has 138 valence electrons. The summed E-state index contributed by atoms with van der Waals surface area (Å²) in [5, 5.41) is 0. The van der Waals surface area contributed by atoms with E-state index in [9.17, 15) is 0 Å². The lowest BCUT2D eigenvalue weighted by atomic mass is 9.69. The SMILES string of the molecule is CCCC1(CC)CCCCCCCCCCCCCC(CC)C1. The maximum absolute atomic E-state index is 2.47. The van der Waals surface area contributed by atoms with Crippen molar-refractivity contribution < 1.29 is 0 Å². The highest BCUT2D eigenvalue weighted by atomic mass is 14.3. The van der Waals surface area contributed by atoms with Crippen molar-refractivity contribution in [3.8, 4) is 0 Å². The Labute approximate surface area is 148 Å². The van der Waals surface area contributed by atoms with Crippen LogP contribution in [0.4, 0.5) is 0 Å². The van der Waals surface area contributed by atoms with E-state index in [1.807, 2.05) is 0 Å². The van der Waals surface area contributed by atoms with Crippen LogP contribution in [0.2, 0.25) is 0 Å². The van der Waals surface area contributed by atoms with E-state index >= 15 is 0 Å². The monoisotopic (exact) mass is 322 g/mol. The van der Waals surface area contributed by atoms with Crippen molar-refractivity contribution in [3.63, 3.8) is 0 Å². The Balaban J connectivity index is 2.59. The second kappa shape index (κ2) is 13.3. The van der Waals surface area contributed by atoms with E-state index in [-0.39, 0.29) is 0 Å². The Kier molecular flexibility index (Phi) is 12.2. The maximum Gasteiger partial charge on any atom is -0.0298 e. The summed E-state index contributed by atoms with van der Waals surface area (Å²) < 4.78 is 0. The van der Waals surface area contributed by atoms with Gasteiger partial charge in [0.1, 0.15) is 0 Å². The zero-order valence-corrected chi connectivity index (χ0v) is 16.8. The van der Waals surface area contributed by atoms with Gasteiger partial charge in [0, 0.05) is 0 Å². The lowest BCUT2D eigenvalue weighted by Gasteiger charge is -2.36. The van der Waals surface area contributed by atoms with E-state index in [1.165, 1.54) is 116 Å². The van der Waals surface area contributed by atoms with Crippen molar-refractivity contribution in [1.29, 1.82) is 0 Å². The highest BCUT2D eigenvalue weighted by molar-refractivity contribution is 4.81. The van der Waals surface area contributed by atoms with Gasteiger partial charge in [0.25, 0.3) is 0 Å². The molecule has 1 saturated carbocycles. The van der Waals surface area contributed by atoms with Crippen LogP contribution >= 0.6 is 0 Å². The number of rotatable bonds is 4. The van der Waals surface area contributed by atoms with Gasteiger partial charge < -0.3 is 0 Å². The van der Waals surface area contributed by atoms with Gasteiger partial charge in [-0.05, 0) is 30.6 Å². The van der Waals surface area contributed by atoms with Gasteiger partial charge in [0.05, 0.1) is 0 Å². The average molecular weight is 323 g/mol. The van der Waals surface area contributed by atoms with Crippen LogP contribution in [0.1, 0.15) is 136 Å². The second-order valence-corrected chi connectivity index (χ2v) is 8.51. The molecule has 0 radical (unpaired) electrons. The van der Waals surface area contributed by atoms with Gasteiger partial charge >= 0.3 is 0 Å². The Hall–Kier alpha value is 0. The fourth-order valence-corrected chi connectivity index (χ4v) is 4.94. The summed E-state index contributed by atoms with van der Waals surface area (Å²) in [6, 6.07) is 0. The molecule has 0 aromatic rings. The fourth-order valence-electron chi connectivity index (χ4n) is 4.94. The fraction of sp³-hybridized carbons (Fsp3) is 1.00. The van der Waals surface area contributed by atoms with Gasteiger partial charge in [0.2, 0.25) is 0 Å². The van der Waals surface area contributed by atoms with Crippen molar-refractivity contribution in [2.45, 2.75) is 136 Å². The Bertz CT molecular complexity index is 257. The van der Waals surface area contributed by atoms with Gasteiger partial charge in [-0.25, -0.2) is 0 Å². The third-order valence-electron chi connectivity index (χ3n) is 6.65. The molecule has 0 bridgehead atoms. The van der Waals surface area contributed by atoms with Crippen LogP contribution in [0.25, 0.3) is 0 Å². The lowest BCUT2D eigenvalue weighted by molar-refractivity contribution is 0.153. The van der Waals surface area contributed by atoms with Gasteiger partial charge in [-0.3, -0.25) is 0 Å². The van der Waals surface area contributed by atoms with Crippen molar-refractivity contribution in [3.05, 3.63) is 0 Å². The van der Waals surface area contributed by atoms with Crippen LogP contribution in [-0.2, 0) is 0 Å². The van der Waals surface area contributed by atoms with Gasteiger partial charge in [-0.15, -0.1) is 0 Å². The standard InChI is InChI=1S/C23H46/c1-4-19-23(6-3)20-17-15-13-11-9-7-8-10-12-14-16-18-22(5-2)21-23/h22H,4-21H2,1-3H3. The summed E-state index contributed by atoms with van der Waals surface area (Å²) in [7, 11) is 0. The third kappa shape index (κ3) is 9.16. The minimum Gasteiger partial charge on any atom is -0.0654 e. The molecule has 2 unspecified atom stereocenters. The average Bonchev–Trinajstić information content (AvgIpc) is 2.56. The molecule has 1 rings (SSSR count). The van der Waals surface area contributed by atoms with E-state index in [1.54, 1.807) is 0 Å². The Morgan fingerprint density at radius 1 is 0.696 bits per heavy atom. The topological polar surface area (TPSA) is 0 Å². The first kappa shape index (κ1) is 21.0. The summed E-state index contributed by atoms with van der Waals surface area (Å²) in [6.07, 6.45) is 26.6. The summed E-state index contributed by atoms with van der Waals surface area (Å²) in [4.78, 5) is 0. The zero-order chi connectivity index (χ0) is 16.8. The molecule has 0 heteroatoms. The molecule has 0 aromatic carbocycles. The van der Waals surface area contributed by atoms with Gasteiger partial charge in [0.15, 0.2) is 0 Å². The van der Waals surface area contributed by atoms with Crippen LogP contribution in [0.5, 0.6) is 0 Å². The van der Waals surface area contributed by atoms with E-state index in [2.05, 4.69) is 20.8 Å². The van der Waals surface area contributed by atoms with E-state index in [0.717, 1.165) is 5.92 Å². The van der Waals surface area contributed by atoms with Crippen molar-refractivity contribution in [2.24, 2.45) is 11.3 Å². The van der Waals surface area contributed by atoms with Crippen molar-refractivity contribution >= 4 is 0 Å². The van der Waals surface area contributed by atoms with E-state index < -0.39 is 0 Å². The molecule has 1 fully saturated rings. The lowest BCUT2D eigenvalue weighted by Crippen LogP contribution is -2.24. The summed E-state index contributed by atoms with van der Waals surface area (Å²) in [5.74, 6) is 0.995. The van der Waals surface area contributed by atoms with Crippen LogP contribution in [0, 0.1) is 11.3 Å². The molecule has 0 amide bonds. The quantitative estimate of drug-likeness (QED) is 0.485. The smallest absolute Gasteiger partial charge is 0.0298 e. The Morgan fingerprint density at radius 2 is 1.22 bits per heavy atom. The van der Waals surface area contributed by atoms with Crippen molar-refractivity contribution in [2.75, 3.05) is 0 Å². The predicted octanol–water partition coefficient (Wildman–Crippen LogP) is 8.68. The van der Waals surface area contributed by atoms with Crippen LogP contribution in [0.15, 0.2) is 0 Å². The zero-order valence-electron chi connectivity index (χ0n) is 16.8. The molecular formula is C23H46. The highest BCUT2D eigenvalue weighted by Gasteiger charge is 2.29. The molecule has 1 aliphatic rings. The Morgan fingerprint density at radius 3 is 1.70 bits per heavy atom. The molecule has 0 heterocycles. The molecule has 0 spiro atoms. The first-order chi connectivity index (χ1) is 11.3. The molecule has 2 atom stereocenters. The van der Waals surface area contributed by atoms with E-state index in [0.29, 0.717) is 5.41 Å². The molecular weight excluding hydrogens is 276 g/mol. The molecule has 1 aliphatic carbocycles. The molecule has 0 aromatic heterocycles. The molecule has 0 saturated heterocycles. The molecule has 0 nitrogen and oxygen atoms in total. The maximum atomic E-state index is 2.47. The van der Waals surface area contributed by atoms with Gasteiger partial charge in [-0.2, -0.15) is 0 Å². The molecule has 0 N–H and O–H groups in total. The third-order valence-corrected chi connectivity index (χ3v) is 6.65. The summed E-state index contributed by atoms with van der Waals surface area (Å²) >= 11 is 0. The molecule has 0 aliphatic heterocycles. The highest BCUT2D eigenvalue weighted by Crippen LogP contribution is 2.42. The number of hydrogen-bond acceptors (Lipinski definition) is 0. The van der Waals surface area contributed by atoms with E-state index in [4.69, 9.17) is 0 Å². The van der Waals surface area contributed by atoms with Crippen molar-refractivity contribution in [1.82, 2.24) is 0 Å². The predicted molar refractivity (Wildman–Crippen MR) is 106 cm³/mol. The summed E-state index contributed by atoms with van der Waals surface area (Å²) in [5.41, 5.74) is 0.673. The number of hydrogen-bond donors (Lipinski definition) is 0. The van der Waals surface area contributed by atoms with Crippen LogP contribution in [0.3, 0.4) is 0 Å². The minimum atomic E-state index is 0.673. The molecule has 23 heavy (non-hydrogen) atoms. The second-order valence-electron chi connectivity index (χ2n) is 8.51. The largest absolute Gasteiger partial charge is 0.0654 e. The minimum absolute atomic E-state index is 0.673. The van der Waals surface area contributed by atoms with Gasteiger partial charge in [-0.1, -0.05) is 117 Å².